The average molecular weight is 779 g/mol. The molecular formula is C52H31F5N2. The van der Waals surface area contributed by atoms with E-state index in [0.717, 1.165) is 61.1 Å². The summed E-state index contributed by atoms with van der Waals surface area (Å²) in [6.45, 7) is 0. The zero-order valence-electron chi connectivity index (χ0n) is 31.2. The van der Waals surface area contributed by atoms with Crippen molar-refractivity contribution >= 4 is 49.6 Å². The Balaban J connectivity index is 1.05. The van der Waals surface area contributed by atoms with Gasteiger partial charge in [-0.1, -0.05) is 127 Å². The molecule has 10 rings (SSSR count). The fourth-order valence-electron chi connectivity index (χ4n) is 8.13. The van der Waals surface area contributed by atoms with Crippen LogP contribution in [-0.2, 0) is 0 Å². The molecular weight excluding hydrogens is 748 g/mol. The largest absolute Gasteiger partial charge is 0.311 e. The highest BCUT2D eigenvalue weighted by atomic mass is 19.2. The molecule has 0 bridgehead atoms. The fraction of sp³-hybridized carbons (Fsp3) is 0. The normalized spacial score (nSPS) is 11.5. The second-order valence-electron chi connectivity index (χ2n) is 14.4. The fourth-order valence-corrected chi connectivity index (χ4v) is 8.13. The third kappa shape index (κ3) is 6.10. The highest BCUT2D eigenvalue weighted by Gasteiger charge is 2.27. The molecule has 9 aromatic carbocycles. The summed E-state index contributed by atoms with van der Waals surface area (Å²) in [5.74, 6) is -9.93. The molecule has 0 saturated heterocycles. The zero-order chi connectivity index (χ0) is 40.2. The van der Waals surface area contributed by atoms with Gasteiger partial charge in [0.15, 0.2) is 23.3 Å². The van der Waals surface area contributed by atoms with Gasteiger partial charge in [0.25, 0.3) is 0 Å². The maximum atomic E-state index is 14.8. The van der Waals surface area contributed by atoms with Gasteiger partial charge >= 0.3 is 0 Å². The van der Waals surface area contributed by atoms with E-state index in [1.165, 1.54) is 22.9 Å². The lowest BCUT2D eigenvalue weighted by molar-refractivity contribution is 0.381. The molecule has 59 heavy (non-hydrogen) atoms. The Morgan fingerprint density at radius 3 is 1.42 bits per heavy atom. The van der Waals surface area contributed by atoms with E-state index in [4.69, 9.17) is 0 Å². The van der Waals surface area contributed by atoms with Crippen molar-refractivity contribution in [2.75, 3.05) is 4.90 Å². The quantitative estimate of drug-likeness (QED) is 0.0889. The minimum absolute atomic E-state index is 0.145. The van der Waals surface area contributed by atoms with E-state index >= 15 is 0 Å². The summed E-state index contributed by atoms with van der Waals surface area (Å²) in [4.78, 5) is 1.97. The molecule has 0 N–H and O–H groups in total. The minimum Gasteiger partial charge on any atom is -0.311 e. The second-order valence-corrected chi connectivity index (χ2v) is 14.4. The first-order valence-corrected chi connectivity index (χ1v) is 19.0. The van der Waals surface area contributed by atoms with Gasteiger partial charge in [-0.3, -0.25) is 0 Å². The van der Waals surface area contributed by atoms with Crippen molar-refractivity contribution < 1.29 is 22.0 Å². The summed E-state index contributed by atoms with van der Waals surface area (Å²) in [5.41, 5.74) is 8.51. The van der Waals surface area contributed by atoms with Crippen LogP contribution >= 0.6 is 0 Å². The van der Waals surface area contributed by atoms with E-state index in [0.29, 0.717) is 5.69 Å². The van der Waals surface area contributed by atoms with Crippen LogP contribution in [-0.4, -0.2) is 4.57 Å². The molecule has 0 unspecified atom stereocenters. The van der Waals surface area contributed by atoms with Crippen LogP contribution in [0.4, 0.5) is 39.0 Å². The minimum atomic E-state index is -2.19. The van der Waals surface area contributed by atoms with E-state index < -0.39 is 34.6 Å². The third-order valence-corrected chi connectivity index (χ3v) is 11.0. The molecule has 10 aromatic rings. The van der Waals surface area contributed by atoms with Crippen LogP contribution in [0.25, 0.3) is 71.6 Å². The van der Waals surface area contributed by atoms with Gasteiger partial charge in [0.1, 0.15) is 0 Å². The highest BCUT2D eigenvalue weighted by Crippen LogP contribution is 2.41. The Kier molecular flexibility index (Phi) is 8.79. The van der Waals surface area contributed by atoms with Gasteiger partial charge in [0.05, 0.1) is 22.3 Å². The Morgan fingerprint density at radius 1 is 0.322 bits per heavy atom. The summed E-state index contributed by atoms with van der Waals surface area (Å²) >= 11 is 0. The summed E-state index contributed by atoms with van der Waals surface area (Å²) in [5, 5.41) is 4.62. The van der Waals surface area contributed by atoms with Crippen LogP contribution in [0.5, 0.6) is 0 Å². The number of hydrogen-bond acceptors (Lipinski definition) is 1. The third-order valence-electron chi connectivity index (χ3n) is 11.0. The van der Waals surface area contributed by atoms with Crippen molar-refractivity contribution in [1.29, 1.82) is 0 Å². The van der Waals surface area contributed by atoms with E-state index in [1.807, 2.05) is 71.6 Å². The predicted molar refractivity (Wildman–Crippen MR) is 229 cm³/mol. The molecule has 0 saturated carbocycles. The van der Waals surface area contributed by atoms with E-state index in [1.54, 1.807) is 12.1 Å². The van der Waals surface area contributed by atoms with Crippen molar-refractivity contribution in [2.24, 2.45) is 0 Å². The van der Waals surface area contributed by atoms with E-state index in [-0.39, 0.29) is 5.56 Å². The van der Waals surface area contributed by atoms with Crippen molar-refractivity contribution in [1.82, 2.24) is 4.57 Å². The number of para-hydroxylation sites is 1. The Bertz CT molecular complexity index is 3160. The van der Waals surface area contributed by atoms with Crippen LogP contribution in [0, 0.1) is 29.1 Å². The first-order valence-electron chi connectivity index (χ1n) is 19.0. The van der Waals surface area contributed by atoms with Gasteiger partial charge in [-0.25, -0.2) is 22.0 Å². The molecule has 1 heterocycles. The molecule has 0 spiro atoms. The Hall–Kier alpha value is -7.51. The molecule has 0 aliphatic carbocycles. The van der Waals surface area contributed by atoms with Crippen LogP contribution in [0.1, 0.15) is 0 Å². The molecule has 284 valence electrons. The number of anilines is 3. The van der Waals surface area contributed by atoms with Gasteiger partial charge < -0.3 is 9.47 Å². The molecule has 0 amide bonds. The Labute approximate surface area is 336 Å². The summed E-state index contributed by atoms with van der Waals surface area (Å²) in [6, 6.07) is 61.8. The first kappa shape index (κ1) is 35.9. The maximum Gasteiger partial charge on any atom is 0.200 e. The number of nitrogens with zero attached hydrogens (tertiary/aromatic N) is 2. The lowest BCUT2D eigenvalue weighted by Gasteiger charge is -2.26. The first-order chi connectivity index (χ1) is 28.9. The summed E-state index contributed by atoms with van der Waals surface area (Å²) < 4.78 is 74.1. The average Bonchev–Trinajstić information content (AvgIpc) is 3.62. The maximum absolute atomic E-state index is 14.8. The van der Waals surface area contributed by atoms with Gasteiger partial charge in [-0.05, 0) is 93.9 Å². The summed E-state index contributed by atoms with van der Waals surface area (Å²) in [6.07, 6.45) is 0. The standard InChI is InChI=1S/C52H31F5N2/c53-48-47(49(54)51(56)52(57)50(48)55)36-21-28-40(29-22-36)58(38-24-17-33(18-25-38)32-9-2-1-3-10-32)39-26-19-34(20-27-39)37-23-30-46-43(31-37)42-14-6-7-15-45(42)59(46)44-16-8-12-35-11-4-5-13-41(35)44/h1-31H. The summed E-state index contributed by atoms with van der Waals surface area (Å²) in [7, 11) is 0. The number of benzene rings is 9. The van der Waals surface area contributed by atoms with Crippen molar-refractivity contribution in [2.45, 2.75) is 0 Å². The molecule has 2 nitrogen and oxygen atoms in total. The monoisotopic (exact) mass is 778 g/mol. The van der Waals surface area contributed by atoms with Crippen LogP contribution in [0.3, 0.4) is 0 Å². The number of aromatic nitrogens is 1. The van der Waals surface area contributed by atoms with Gasteiger partial charge in [0, 0.05) is 33.2 Å². The number of halogens is 5. The number of rotatable bonds is 7. The van der Waals surface area contributed by atoms with Crippen molar-refractivity contribution in [3.63, 3.8) is 0 Å². The molecule has 0 radical (unpaired) electrons. The predicted octanol–water partition coefficient (Wildman–Crippen LogP) is 15.1. The second kappa shape index (κ2) is 14.5. The number of fused-ring (bicyclic) bond motifs is 4. The van der Waals surface area contributed by atoms with Crippen LogP contribution < -0.4 is 4.90 Å². The van der Waals surface area contributed by atoms with Crippen LogP contribution in [0.15, 0.2) is 188 Å². The molecule has 0 aliphatic rings. The van der Waals surface area contributed by atoms with E-state index in [9.17, 15) is 22.0 Å². The molecule has 7 heteroatoms. The lowest BCUT2D eigenvalue weighted by Crippen LogP contribution is -2.10. The van der Waals surface area contributed by atoms with Crippen molar-refractivity contribution in [3.05, 3.63) is 217 Å². The zero-order valence-corrected chi connectivity index (χ0v) is 31.2. The lowest BCUT2D eigenvalue weighted by atomic mass is 10.0. The van der Waals surface area contributed by atoms with Crippen LogP contribution in [0.2, 0.25) is 0 Å². The highest BCUT2D eigenvalue weighted by molar-refractivity contribution is 6.11. The van der Waals surface area contributed by atoms with Gasteiger partial charge in [-0.15, -0.1) is 0 Å². The molecule has 0 atom stereocenters. The smallest absolute Gasteiger partial charge is 0.200 e. The van der Waals surface area contributed by atoms with E-state index in [2.05, 4.69) is 102 Å². The molecule has 0 fully saturated rings. The topological polar surface area (TPSA) is 8.17 Å². The molecule has 1 aromatic heterocycles. The van der Waals surface area contributed by atoms with Crippen molar-refractivity contribution in [3.8, 4) is 39.1 Å². The SMILES string of the molecule is Fc1c(F)c(F)c(-c2ccc(N(c3ccc(-c4ccccc4)cc3)c3ccc(-c4ccc5c(c4)c4ccccc4n5-c4cccc5ccccc45)cc3)cc2)c(F)c1F. The van der Waals surface area contributed by atoms with Gasteiger partial charge in [0.2, 0.25) is 5.82 Å². The van der Waals surface area contributed by atoms with Gasteiger partial charge in [-0.2, -0.15) is 0 Å². The number of hydrogen-bond donors (Lipinski definition) is 0. The molecule has 0 aliphatic heterocycles. The Morgan fingerprint density at radius 2 is 0.780 bits per heavy atom.